The van der Waals surface area contributed by atoms with Gasteiger partial charge in [0.25, 0.3) is 5.56 Å². The van der Waals surface area contributed by atoms with Gasteiger partial charge in [-0.05, 0) is 30.3 Å². The van der Waals surface area contributed by atoms with E-state index < -0.39 is 0 Å². The lowest BCUT2D eigenvalue weighted by molar-refractivity contribution is 0.319. The number of benzene rings is 2. The molecule has 4 aromatic rings. The maximum absolute atomic E-state index is 12.1. The molecule has 4 rings (SSSR count). The van der Waals surface area contributed by atoms with Gasteiger partial charge in [-0.25, -0.2) is 4.98 Å². The molecule has 0 unspecified atom stereocenters. The Balaban J connectivity index is 1.51. The van der Waals surface area contributed by atoms with Crippen LogP contribution in [0.3, 0.4) is 0 Å². The highest BCUT2D eigenvalue weighted by molar-refractivity contribution is 5.63. The van der Waals surface area contributed by atoms with E-state index in [9.17, 15) is 4.79 Å². The van der Waals surface area contributed by atoms with Crippen molar-refractivity contribution >= 4 is 0 Å². The molecule has 0 amide bonds. The summed E-state index contributed by atoms with van der Waals surface area (Å²) in [4.78, 5) is 25.9. The Morgan fingerprint density at radius 2 is 1.48 bits per heavy atom. The zero-order valence-electron chi connectivity index (χ0n) is 16.2. The van der Waals surface area contributed by atoms with Gasteiger partial charge >= 0.3 is 0 Å². The quantitative estimate of drug-likeness (QED) is 0.545. The third kappa shape index (κ3) is 4.83. The minimum Gasteiger partial charge on any atom is -0.306 e. The Morgan fingerprint density at radius 3 is 2.17 bits per heavy atom. The van der Waals surface area contributed by atoms with Gasteiger partial charge in [0.15, 0.2) is 0 Å². The first-order chi connectivity index (χ1) is 14.2. The summed E-state index contributed by atoms with van der Waals surface area (Å²) in [6.07, 6.45) is 3.39. The van der Waals surface area contributed by atoms with E-state index in [2.05, 4.69) is 63.3 Å². The molecule has 5 nitrogen and oxygen atoms in total. The lowest BCUT2D eigenvalue weighted by atomic mass is 10.1. The van der Waals surface area contributed by atoms with E-state index in [4.69, 9.17) is 0 Å². The first-order valence-corrected chi connectivity index (χ1v) is 9.51. The Labute approximate surface area is 169 Å². The largest absolute Gasteiger partial charge is 0.306 e. The number of pyridine rings is 1. The second kappa shape index (κ2) is 8.63. The second-order valence-electron chi connectivity index (χ2n) is 7.07. The smallest absolute Gasteiger partial charge is 0.251 e. The van der Waals surface area contributed by atoms with E-state index in [0.29, 0.717) is 11.5 Å². The van der Waals surface area contributed by atoms with Gasteiger partial charge < -0.3 is 4.98 Å². The molecule has 0 aliphatic carbocycles. The molecule has 144 valence electrons. The summed E-state index contributed by atoms with van der Waals surface area (Å²) in [7, 11) is 2.11. The maximum Gasteiger partial charge on any atom is 0.251 e. The highest BCUT2D eigenvalue weighted by Crippen LogP contribution is 2.20. The summed E-state index contributed by atoms with van der Waals surface area (Å²) in [5, 5.41) is 0. The van der Waals surface area contributed by atoms with Gasteiger partial charge in [-0.1, -0.05) is 54.6 Å². The molecule has 0 saturated heterocycles. The summed E-state index contributed by atoms with van der Waals surface area (Å²) in [5.41, 5.74) is 4.71. The average molecular weight is 382 g/mol. The first kappa shape index (κ1) is 18.8. The fraction of sp³-hybridized carbons (Fsp3) is 0.125. The molecule has 0 aliphatic heterocycles. The predicted molar refractivity (Wildman–Crippen MR) is 115 cm³/mol. The molecule has 2 aromatic heterocycles. The van der Waals surface area contributed by atoms with Gasteiger partial charge in [-0.15, -0.1) is 0 Å². The normalized spacial score (nSPS) is 11.0. The van der Waals surface area contributed by atoms with E-state index in [1.165, 1.54) is 17.2 Å². The molecule has 5 heteroatoms. The summed E-state index contributed by atoms with van der Waals surface area (Å²) in [6.45, 7) is 1.74. The van der Waals surface area contributed by atoms with Gasteiger partial charge in [0, 0.05) is 42.7 Å². The summed E-state index contributed by atoms with van der Waals surface area (Å²) in [5.74, 6) is 0.563. The van der Waals surface area contributed by atoms with Crippen molar-refractivity contribution in [2.24, 2.45) is 0 Å². The molecule has 1 N–H and O–H groups in total. The van der Waals surface area contributed by atoms with Crippen LogP contribution in [0, 0.1) is 0 Å². The van der Waals surface area contributed by atoms with Crippen LogP contribution in [0.2, 0.25) is 0 Å². The average Bonchev–Trinajstić information content (AvgIpc) is 2.75. The van der Waals surface area contributed by atoms with Crippen molar-refractivity contribution in [1.82, 2.24) is 19.9 Å². The standard InChI is InChI=1S/C24H22N4O/c1-28(16-18-5-3-2-4-6-18)17-19-7-9-21(10-8-19)24-26-22(15-23(29)27-24)20-11-13-25-14-12-20/h2-15H,16-17H2,1H3,(H,26,27,29). The van der Waals surface area contributed by atoms with Crippen molar-refractivity contribution < 1.29 is 0 Å². The zero-order chi connectivity index (χ0) is 20.1. The van der Waals surface area contributed by atoms with Gasteiger partial charge in [0.1, 0.15) is 5.82 Å². The number of H-pyrrole nitrogens is 1. The number of rotatable bonds is 6. The fourth-order valence-corrected chi connectivity index (χ4v) is 3.30. The van der Waals surface area contributed by atoms with Crippen LogP contribution in [-0.2, 0) is 13.1 Å². The third-order valence-corrected chi connectivity index (χ3v) is 4.69. The van der Waals surface area contributed by atoms with Crippen LogP contribution in [0.5, 0.6) is 0 Å². The molecule has 29 heavy (non-hydrogen) atoms. The van der Waals surface area contributed by atoms with Crippen molar-refractivity contribution in [3.63, 3.8) is 0 Å². The van der Waals surface area contributed by atoms with E-state index in [1.807, 2.05) is 30.3 Å². The molecule has 0 saturated carbocycles. The molecular formula is C24H22N4O. The van der Waals surface area contributed by atoms with Gasteiger partial charge in [-0.3, -0.25) is 14.7 Å². The first-order valence-electron chi connectivity index (χ1n) is 9.51. The van der Waals surface area contributed by atoms with Crippen LogP contribution >= 0.6 is 0 Å². The summed E-state index contributed by atoms with van der Waals surface area (Å²) < 4.78 is 0. The van der Waals surface area contributed by atoms with E-state index in [0.717, 1.165) is 24.2 Å². The predicted octanol–water partition coefficient (Wildman–Crippen LogP) is 4.13. The minimum atomic E-state index is -0.173. The number of nitrogens with one attached hydrogen (secondary N) is 1. The SMILES string of the molecule is CN(Cc1ccccc1)Cc1ccc(-c2nc(-c3ccncc3)cc(=O)[nH]2)cc1. The van der Waals surface area contributed by atoms with E-state index >= 15 is 0 Å². The zero-order valence-corrected chi connectivity index (χ0v) is 16.2. The highest BCUT2D eigenvalue weighted by atomic mass is 16.1. The minimum absolute atomic E-state index is 0.173. The monoisotopic (exact) mass is 382 g/mol. The molecule has 0 fully saturated rings. The van der Waals surface area contributed by atoms with E-state index in [1.54, 1.807) is 12.4 Å². The number of nitrogens with zero attached hydrogens (tertiary/aromatic N) is 3. The molecule has 2 aromatic carbocycles. The Bertz CT molecular complexity index is 1120. The van der Waals surface area contributed by atoms with Crippen LogP contribution in [0.4, 0.5) is 0 Å². The molecule has 2 heterocycles. The number of aromatic nitrogens is 3. The van der Waals surface area contributed by atoms with Crippen molar-refractivity contribution in [1.29, 1.82) is 0 Å². The Morgan fingerprint density at radius 1 is 0.828 bits per heavy atom. The fourth-order valence-electron chi connectivity index (χ4n) is 3.30. The van der Waals surface area contributed by atoms with Crippen LogP contribution < -0.4 is 5.56 Å². The van der Waals surface area contributed by atoms with Gasteiger partial charge in [0.2, 0.25) is 0 Å². The molecule has 0 spiro atoms. The molecule has 0 atom stereocenters. The Kier molecular flexibility index (Phi) is 5.59. The lowest BCUT2D eigenvalue weighted by Crippen LogP contribution is -2.17. The van der Waals surface area contributed by atoms with Crippen molar-refractivity contribution in [3.05, 3.63) is 107 Å². The highest BCUT2D eigenvalue weighted by Gasteiger charge is 2.07. The summed E-state index contributed by atoms with van der Waals surface area (Å²) >= 11 is 0. The number of hydrogen-bond acceptors (Lipinski definition) is 4. The molecular weight excluding hydrogens is 360 g/mol. The summed E-state index contributed by atoms with van der Waals surface area (Å²) in [6, 6.07) is 23.8. The maximum atomic E-state index is 12.1. The molecule has 0 radical (unpaired) electrons. The lowest BCUT2D eigenvalue weighted by Gasteiger charge is -2.17. The van der Waals surface area contributed by atoms with Crippen LogP contribution in [0.25, 0.3) is 22.6 Å². The topological polar surface area (TPSA) is 61.9 Å². The van der Waals surface area contributed by atoms with Gasteiger partial charge in [0.05, 0.1) is 5.69 Å². The third-order valence-electron chi connectivity index (χ3n) is 4.69. The second-order valence-corrected chi connectivity index (χ2v) is 7.07. The molecule has 0 aliphatic rings. The van der Waals surface area contributed by atoms with Gasteiger partial charge in [-0.2, -0.15) is 0 Å². The molecule has 0 bridgehead atoms. The number of hydrogen-bond donors (Lipinski definition) is 1. The number of aromatic amines is 1. The van der Waals surface area contributed by atoms with Crippen molar-refractivity contribution in [2.45, 2.75) is 13.1 Å². The van der Waals surface area contributed by atoms with Crippen molar-refractivity contribution in [2.75, 3.05) is 7.05 Å². The van der Waals surface area contributed by atoms with Crippen LogP contribution in [0.1, 0.15) is 11.1 Å². The Hall–Kier alpha value is -3.57. The van der Waals surface area contributed by atoms with Crippen molar-refractivity contribution in [3.8, 4) is 22.6 Å². The van der Waals surface area contributed by atoms with Crippen LogP contribution in [-0.4, -0.2) is 26.9 Å². The van der Waals surface area contributed by atoms with E-state index in [-0.39, 0.29) is 5.56 Å². The van der Waals surface area contributed by atoms with Crippen LogP contribution in [0.15, 0.2) is 90.0 Å².